The molecule has 0 aliphatic carbocycles. The summed E-state index contributed by atoms with van der Waals surface area (Å²) in [7, 11) is 0. The van der Waals surface area contributed by atoms with Crippen molar-refractivity contribution in [3.8, 4) is 11.5 Å². The molecule has 0 aliphatic rings. The van der Waals surface area contributed by atoms with Crippen LogP contribution in [0.15, 0.2) is 53.9 Å². The number of nitrogens with one attached hydrogen (secondary N) is 1. The van der Waals surface area contributed by atoms with E-state index in [0.29, 0.717) is 17.9 Å². The number of amides is 1. The van der Waals surface area contributed by atoms with Crippen molar-refractivity contribution in [2.24, 2.45) is 0 Å². The zero-order valence-electron chi connectivity index (χ0n) is 15.7. The quantitative estimate of drug-likeness (QED) is 0.556. The molecule has 0 aliphatic heterocycles. The van der Waals surface area contributed by atoms with Gasteiger partial charge in [0, 0.05) is 11.9 Å². The van der Waals surface area contributed by atoms with E-state index in [9.17, 15) is 13.6 Å². The summed E-state index contributed by atoms with van der Waals surface area (Å²) < 4.78 is 34.6. The van der Waals surface area contributed by atoms with Crippen molar-refractivity contribution in [1.29, 1.82) is 0 Å². The lowest BCUT2D eigenvalue weighted by molar-refractivity contribution is -0.120. The van der Waals surface area contributed by atoms with Gasteiger partial charge in [0.05, 0.1) is 12.1 Å². The van der Waals surface area contributed by atoms with Crippen molar-refractivity contribution in [2.75, 3.05) is 0 Å². The van der Waals surface area contributed by atoms with Crippen molar-refractivity contribution in [2.45, 2.75) is 33.1 Å². The number of hydrogen-bond donors (Lipinski definition) is 1. The maximum absolute atomic E-state index is 12.3. The van der Waals surface area contributed by atoms with Gasteiger partial charge in [-0.05, 0) is 36.8 Å². The summed E-state index contributed by atoms with van der Waals surface area (Å²) in [4.78, 5) is 16.6. The van der Waals surface area contributed by atoms with Crippen molar-refractivity contribution >= 4 is 17.2 Å². The van der Waals surface area contributed by atoms with Gasteiger partial charge in [-0.15, -0.1) is 11.3 Å². The Kier molecular flexibility index (Phi) is 7.13. The standard InChI is InChI=1S/C21H20F2N2O3S/c1-14-5-7-17(8-6-14)27-12-20-25-16(13-29-20)10-19(26)24-11-15-3-2-4-18(9-15)28-21(22)23/h2-9,13,21H,10-12H2,1H3,(H,24,26). The van der Waals surface area contributed by atoms with Gasteiger partial charge in [0.2, 0.25) is 5.91 Å². The highest BCUT2D eigenvalue weighted by atomic mass is 32.1. The van der Waals surface area contributed by atoms with Crippen molar-refractivity contribution in [1.82, 2.24) is 10.3 Å². The summed E-state index contributed by atoms with van der Waals surface area (Å²) in [6.45, 7) is -0.316. The second-order valence-corrected chi connectivity index (χ2v) is 7.26. The third-order valence-corrected chi connectivity index (χ3v) is 4.81. The topological polar surface area (TPSA) is 60.5 Å². The highest BCUT2D eigenvalue weighted by Crippen LogP contribution is 2.17. The number of aromatic nitrogens is 1. The number of aryl methyl sites for hydroxylation is 1. The summed E-state index contributed by atoms with van der Waals surface area (Å²) in [6.07, 6.45) is 0.133. The van der Waals surface area contributed by atoms with Crippen LogP contribution in [0, 0.1) is 6.92 Å². The molecule has 3 rings (SSSR count). The zero-order valence-corrected chi connectivity index (χ0v) is 16.5. The van der Waals surface area contributed by atoms with Gasteiger partial charge >= 0.3 is 6.61 Å². The molecule has 0 radical (unpaired) electrons. The highest BCUT2D eigenvalue weighted by Gasteiger charge is 2.09. The first-order chi connectivity index (χ1) is 14.0. The third kappa shape index (κ3) is 6.83. The maximum Gasteiger partial charge on any atom is 0.387 e. The van der Waals surface area contributed by atoms with E-state index in [1.807, 2.05) is 36.6 Å². The van der Waals surface area contributed by atoms with Gasteiger partial charge in [-0.2, -0.15) is 8.78 Å². The number of nitrogens with zero attached hydrogens (tertiary/aromatic N) is 1. The molecule has 0 bridgehead atoms. The minimum Gasteiger partial charge on any atom is -0.486 e. The van der Waals surface area contributed by atoms with Crippen LogP contribution >= 0.6 is 11.3 Å². The van der Waals surface area contributed by atoms with Gasteiger partial charge in [0.1, 0.15) is 23.1 Å². The summed E-state index contributed by atoms with van der Waals surface area (Å²) in [5, 5.41) is 5.36. The minimum absolute atomic E-state index is 0.0597. The van der Waals surface area contributed by atoms with Gasteiger partial charge < -0.3 is 14.8 Å². The van der Waals surface area contributed by atoms with E-state index in [1.165, 1.54) is 23.5 Å². The SMILES string of the molecule is Cc1ccc(OCc2nc(CC(=O)NCc3cccc(OC(F)F)c3)cs2)cc1. The largest absolute Gasteiger partial charge is 0.486 e. The fourth-order valence-electron chi connectivity index (χ4n) is 2.54. The number of alkyl halides is 2. The Bertz CT molecular complexity index is 945. The fourth-order valence-corrected chi connectivity index (χ4v) is 3.24. The van der Waals surface area contributed by atoms with Crippen LogP contribution in [0.5, 0.6) is 11.5 Å². The number of carbonyl (C=O) groups excluding carboxylic acids is 1. The summed E-state index contributed by atoms with van der Waals surface area (Å²) in [6, 6.07) is 14.0. The molecule has 1 N–H and O–H groups in total. The van der Waals surface area contributed by atoms with Gasteiger partial charge in [0.15, 0.2) is 0 Å². The number of ether oxygens (including phenoxy) is 2. The smallest absolute Gasteiger partial charge is 0.387 e. The molecule has 0 atom stereocenters. The monoisotopic (exact) mass is 418 g/mol. The number of carbonyl (C=O) groups is 1. The van der Waals surface area contributed by atoms with Crippen LogP contribution in [0.2, 0.25) is 0 Å². The first-order valence-electron chi connectivity index (χ1n) is 8.91. The maximum atomic E-state index is 12.3. The molecule has 0 unspecified atom stereocenters. The molecule has 0 saturated heterocycles. The Labute approximate surface area is 171 Å². The summed E-state index contributed by atoms with van der Waals surface area (Å²) >= 11 is 1.43. The lowest BCUT2D eigenvalue weighted by Gasteiger charge is -2.08. The lowest BCUT2D eigenvalue weighted by Crippen LogP contribution is -2.24. The van der Waals surface area contributed by atoms with E-state index >= 15 is 0 Å². The van der Waals surface area contributed by atoms with Gasteiger partial charge in [0.25, 0.3) is 0 Å². The molecule has 29 heavy (non-hydrogen) atoms. The average Bonchev–Trinajstić information content (AvgIpc) is 3.13. The van der Waals surface area contributed by atoms with E-state index in [0.717, 1.165) is 16.3 Å². The Morgan fingerprint density at radius 3 is 2.72 bits per heavy atom. The van der Waals surface area contributed by atoms with E-state index in [1.54, 1.807) is 12.1 Å². The van der Waals surface area contributed by atoms with Gasteiger partial charge in [-0.3, -0.25) is 4.79 Å². The van der Waals surface area contributed by atoms with E-state index in [4.69, 9.17) is 4.74 Å². The predicted octanol–water partition coefficient (Wildman–Crippen LogP) is 4.49. The number of hydrogen-bond acceptors (Lipinski definition) is 5. The van der Waals surface area contributed by atoms with Crippen molar-refractivity contribution in [3.63, 3.8) is 0 Å². The van der Waals surface area contributed by atoms with Crippen LogP contribution in [0.4, 0.5) is 8.78 Å². The van der Waals surface area contributed by atoms with E-state index < -0.39 is 6.61 Å². The molecule has 1 heterocycles. The predicted molar refractivity (Wildman–Crippen MR) is 106 cm³/mol. The first kappa shape index (κ1) is 20.7. The molecular weight excluding hydrogens is 398 g/mol. The molecule has 152 valence electrons. The molecule has 1 aromatic heterocycles. The van der Waals surface area contributed by atoms with Crippen LogP contribution in [-0.4, -0.2) is 17.5 Å². The zero-order chi connectivity index (χ0) is 20.6. The molecule has 3 aromatic rings. The van der Waals surface area contributed by atoms with Crippen LogP contribution in [-0.2, 0) is 24.4 Å². The van der Waals surface area contributed by atoms with Crippen molar-refractivity contribution < 1.29 is 23.0 Å². The Morgan fingerprint density at radius 2 is 1.97 bits per heavy atom. The van der Waals surface area contributed by atoms with Crippen LogP contribution in [0.1, 0.15) is 21.8 Å². The molecule has 1 amide bonds. The van der Waals surface area contributed by atoms with E-state index in [-0.39, 0.29) is 24.6 Å². The third-order valence-electron chi connectivity index (χ3n) is 3.94. The molecule has 0 saturated carbocycles. The molecule has 0 fully saturated rings. The summed E-state index contributed by atoms with van der Waals surface area (Å²) in [5.74, 6) is 0.620. The molecule has 2 aromatic carbocycles. The number of rotatable bonds is 9. The fraction of sp³-hybridized carbons (Fsp3) is 0.238. The van der Waals surface area contributed by atoms with Crippen LogP contribution < -0.4 is 14.8 Å². The number of benzene rings is 2. The number of halogens is 2. The average molecular weight is 418 g/mol. The molecule has 5 nitrogen and oxygen atoms in total. The molecule has 0 spiro atoms. The Morgan fingerprint density at radius 1 is 1.17 bits per heavy atom. The molecular formula is C21H20F2N2O3S. The van der Waals surface area contributed by atoms with E-state index in [2.05, 4.69) is 15.0 Å². The number of thiazole rings is 1. The normalized spacial score (nSPS) is 10.8. The highest BCUT2D eigenvalue weighted by molar-refractivity contribution is 7.09. The second-order valence-electron chi connectivity index (χ2n) is 6.31. The van der Waals surface area contributed by atoms with Crippen LogP contribution in [0.25, 0.3) is 0 Å². The van der Waals surface area contributed by atoms with Crippen molar-refractivity contribution in [3.05, 3.63) is 75.7 Å². The van der Waals surface area contributed by atoms with Gasteiger partial charge in [-0.1, -0.05) is 29.8 Å². The first-order valence-corrected chi connectivity index (χ1v) is 9.79. The van der Waals surface area contributed by atoms with Crippen LogP contribution in [0.3, 0.4) is 0 Å². The summed E-state index contributed by atoms with van der Waals surface area (Å²) in [5.41, 5.74) is 2.49. The Hall–Kier alpha value is -3.00. The minimum atomic E-state index is -2.88. The molecule has 8 heteroatoms. The Balaban J connectivity index is 1.45. The van der Waals surface area contributed by atoms with Gasteiger partial charge in [-0.25, -0.2) is 4.98 Å². The lowest BCUT2D eigenvalue weighted by atomic mass is 10.2. The second kappa shape index (κ2) is 9.97.